The number of carbonyl (C=O) groups excluding carboxylic acids is 1. The van der Waals surface area contributed by atoms with Gasteiger partial charge in [-0.2, -0.15) is 5.10 Å². The summed E-state index contributed by atoms with van der Waals surface area (Å²) in [6.07, 6.45) is 3.78. The Balaban J connectivity index is 1.57. The zero-order chi connectivity index (χ0) is 15.5. The SMILES string of the molecule is Cc1[nH]ncc1CCCNC1CN(C(=O)OC(C)(C)C)C1. The number of carbonyl (C=O) groups is 1. The van der Waals surface area contributed by atoms with Gasteiger partial charge >= 0.3 is 6.09 Å². The van der Waals surface area contributed by atoms with Gasteiger partial charge in [0.2, 0.25) is 0 Å². The van der Waals surface area contributed by atoms with Gasteiger partial charge in [0.05, 0.1) is 6.20 Å². The van der Waals surface area contributed by atoms with Crippen LogP contribution in [0.15, 0.2) is 6.20 Å². The van der Waals surface area contributed by atoms with Crippen LogP contribution in [0.4, 0.5) is 4.79 Å². The third-order valence-corrected chi connectivity index (χ3v) is 3.52. The van der Waals surface area contributed by atoms with E-state index in [0.717, 1.165) is 38.2 Å². The van der Waals surface area contributed by atoms with E-state index in [-0.39, 0.29) is 6.09 Å². The largest absolute Gasteiger partial charge is 0.444 e. The van der Waals surface area contributed by atoms with Gasteiger partial charge in [0.25, 0.3) is 0 Å². The zero-order valence-corrected chi connectivity index (χ0v) is 13.4. The van der Waals surface area contributed by atoms with E-state index in [1.165, 1.54) is 5.56 Å². The average Bonchev–Trinajstić information content (AvgIpc) is 2.69. The van der Waals surface area contributed by atoms with Gasteiger partial charge in [-0.25, -0.2) is 4.79 Å². The molecule has 1 aromatic rings. The number of hydrogen-bond donors (Lipinski definition) is 2. The smallest absolute Gasteiger partial charge is 0.410 e. The van der Waals surface area contributed by atoms with Gasteiger partial charge in [-0.1, -0.05) is 0 Å². The number of nitrogens with zero attached hydrogens (tertiary/aromatic N) is 2. The molecule has 2 N–H and O–H groups in total. The molecule has 1 aliphatic heterocycles. The Hall–Kier alpha value is -1.56. The highest BCUT2D eigenvalue weighted by atomic mass is 16.6. The quantitative estimate of drug-likeness (QED) is 0.813. The predicted molar refractivity (Wildman–Crippen MR) is 81.2 cm³/mol. The van der Waals surface area contributed by atoms with Crippen LogP contribution in [0.25, 0.3) is 0 Å². The number of ether oxygens (including phenoxy) is 1. The van der Waals surface area contributed by atoms with Crippen molar-refractivity contribution in [3.63, 3.8) is 0 Å². The first-order valence-electron chi connectivity index (χ1n) is 7.55. The van der Waals surface area contributed by atoms with E-state index in [1.807, 2.05) is 33.9 Å². The van der Waals surface area contributed by atoms with Crippen molar-refractivity contribution in [1.29, 1.82) is 0 Å². The van der Waals surface area contributed by atoms with Crippen LogP contribution in [0.2, 0.25) is 0 Å². The minimum Gasteiger partial charge on any atom is -0.444 e. The van der Waals surface area contributed by atoms with E-state index in [9.17, 15) is 4.79 Å². The fraction of sp³-hybridized carbons (Fsp3) is 0.733. The summed E-state index contributed by atoms with van der Waals surface area (Å²) in [5, 5.41) is 10.4. The minimum atomic E-state index is -0.419. The highest BCUT2D eigenvalue weighted by Gasteiger charge is 2.33. The normalized spacial score (nSPS) is 15.9. The number of likely N-dealkylation sites (tertiary alicyclic amines) is 1. The molecule has 0 radical (unpaired) electrons. The fourth-order valence-electron chi connectivity index (χ4n) is 2.30. The highest BCUT2D eigenvalue weighted by Crippen LogP contribution is 2.15. The number of amides is 1. The minimum absolute atomic E-state index is 0.213. The van der Waals surface area contributed by atoms with Crippen molar-refractivity contribution in [2.45, 2.75) is 52.2 Å². The van der Waals surface area contributed by atoms with Gasteiger partial charge in [0, 0.05) is 24.8 Å². The molecular formula is C15H26N4O2. The predicted octanol–water partition coefficient (Wildman–Crippen LogP) is 1.86. The van der Waals surface area contributed by atoms with Gasteiger partial charge in [0.15, 0.2) is 0 Å². The number of H-pyrrole nitrogens is 1. The Morgan fingerprint density at radius 3 is 2.81 bits per heavy atom. The average molecular weight is 294 g/mol. The number of nitrogens with one attached hydrogen (secondary N) is 2. The van der Waals surface area contributed by atoms with Crippen LogP contribution in [-0.4, -0.2) is 52.5 Å². The molecule has 0 aliphatic carbocycles. The van der Waals surface area contributed by atoms with Crippen LogP contribution >= 0.6 is 0 Å². The maximum Gasteiger partial charge on any atom is 0.410 e. The lowest BCUT2D eigenvalue weighted by atomic mass is 10.1. The van der Waals surface area contributed by atoms with Crippen LogP contribution in [0.1, 0.15) is 38.4 Å². The number of rotatable bonds is 5. The van der Waals surface area contributed by atoms with Gasteiger partial charge in [-0.15, -0.1) is 0 Å². The number of aromatic amines is 1. The van der Waals surface area contributed by atoms with E-state index in [4.69, 9.17) is 4.74 Å². The Kier molecular flexibility index (Phi) is 4.88. The molecule has 118 valence electrons. The van der Waals surface area contributed by atoms with Gasteiger partial charge in [0.1, 0.15) is 5.60 Å². The molecule has 6 nitrogen and oxygen atoms in total. The maximum atomic E-state index is 11.8. The Morgan fingerprint density at radius 2 is 2.24 bits per heavy atom. The molecular weight excluding hydrogens is 268 g/mol. The molecule has 1 aliphatic rings. The standard InChI is InChI=1S/C15H26N4O2/c1-11-12(8-17-18-11)6-5-7-16-13-9-19(10-13)14(20)21-15(2,3)4/h8,13,16H,5-7,9-10H2,1-4H3,(H,17,18). The molecule has 1 fully saturated rings. The molecule has 2 heterocycles. The van der Waals surface area contributed by atoms with Gasteiger partial charge in [-0.05, 0) is 52.6 Å². The lowest BCUT2D eigenvalue weighted by Crippen LogP contribution is -2.60. The Morgan fingerprint density at radius 1 is 1.52 bits per heavy atom. The molecule has 0 unspecified atom stereocenters. The monoisotopic (exact) mass is 294 g/mol. The maximum absolute atomic E-state index is 11.8. The molecule has 0 spiro atoms. The summed E-state index contributed by atoms with van der Waals surface area (Å²) in [6, 6.07) is 0.392. The summed E-state index contributed by atoms with van der Waals surface area (Å²) in [5.41, 5.74) is 2.01. The molecule has 0 bridgehead atoms. The van der Waals surface area contributed by atoms with Crippen molar-refractivity contribution in [2.75, 3.05) is 19.6 Å². The Labute approximate surface area is 126 Å². The Bertz CT molecular complexity index is 472. The van der Waals surface area contributed by atoms with E-state index in [2.05, 4.69) is 15.5 Å². The molecule has 6 heteroatoms. The number of hydrogen-bond acceptors (Lipinski definition) is 4. The van der Waals surface area contributed by atoms with Crippen LogP contribution in [-0.2, 0) is 11.2 Å². The van der Waals surface area contributed by atoms with E-state index in [0.29, 0.717) is 6.04 Å². The second-order valence-electron chi connectivity index (χ2n) is 6.66. The summed E-state index contributed by atoms with van der Waals surface area (Å²) in [7, 11) is 0. The van der Waals surface area contributed by atoms with Crippen molar-refractivity contribution in [3.8, 4) is 0 Å². The van der Waals surface area contributed by atoms with Crippen molar-refractivity contribution in [3.05, 3.63) is 17.5 Å². The summed E-state index contributed by atoms with van der Waals surface area (Å²) in [6.45, 7) is 10.1. The van der Waals surface area contributed by atoms with E-state index >= 15 is 0 Å². The van der Waals surface area contributed by atoms with Crippen molar-refractivity contribution >= 4 is 6.09 Å². The summed E-state index contributed by atoms with van der Waals surface area (Å²) in [5.74, 6) is 0. The molecule has 2 rings (SSSR count). The highest BCUT2D eigenvalue weighted by molar-refractivity contribution is 5.69. The van der Waals surface area contributed by atoms with E-state index in [1.54, 1.807) is 4.90 Å². The zero-order valence-electron chi connectivity index (χ0n) is 13.4. The van der Waals surface area contributed by atoms with Crippen LogP contribution in [0.5, 0.6) is 0 Å². The summed E-state index contributed by atoms with van der Waals surface area (Å²) >= 11 is 0. The molecule has 1 aromatic heterocycles. The molecule has 0 saturated carbocycles. The summed E-state index contributed by atoms with van der Waals surface area (Å²) in [4.78, 5) is 13.5. The molecule has 1 amide bonds. The summed E-state index contributed by atoms with van der Waals surface area (Å²) < 4.78 is 5.33. The second kappa shape index (κ2) is 6.47. The van der Waals surface area contributed by atoms with Crippen molar-refractivity contribution < 1.29 is 9.53 Å². The van der Waals surface area contributed by atoms with Crippen LogP contribution in [0.3, 0.4) is 0 Å². The molecule has 1 saturated heterocycles. The van der Waals surface area contributed by atoms with Crippen LogP contribution < -0.4 is 5.32 Å². The van der Waals surface area contributed by atoms with E-state index < -0.39 is 5.60 Å². The molecule has 21 heavy (non-hydrogen) atoms. The molecule has 0 aromatic carbocycles. The third-order valence-electron chi connectivity index (χ3n) is 3.52. The first-order valence-corrected chi connectivity index (χ1v) is 7.55. The first-order chi connectivity index (χ1) is 9.85. The lowest BCUT2D eigenvalue weighted by molar-refractivity contribution is 0.00537. The third kappa shape index (κ3) is 4.74. The molecule has 0 atom stereocenters. The number of aryl methyl sites for hydroxylation is 2. The number of aromatic nitrogens is 2. The van der Waals surface area contributed by atoms with Gasteiger partial charge < -0.3 is 15.0 Å². The van der Waals surface area contributed by atoms with Crippen molar-refractivity contribution in [1.82, 2.24) is 20.4 Å². The lowest BCUT2D eigenvalue weighted by Gasteiger charge is -2.40. The fourth-order valence-corrected chi connectivity index (χ4v) is 2.30. The van der Waals surface area contributed by atoms with Crippen molar-refractivity contribution in [2.24, 2.45) is 0 Å². The topological polar surface area (TPSA) is 70.2 Å². The van der Waals surface area contributed by atoms with Gasteiger partial charge in [-0.3, -0.25) is 5.10 Å². The van der Waals surface area contributed by atoms with Crippen LogP contribution in [0, 0.1) is 6.92 Å². The second-order valence-corrected chi connectivity index (χ2v) is 6.66. The first kappa shape index (κ1) is 15.8.